The molecule has 0 amide bonds. The largest absolute Gasteiger partial charge is 0.378 e. The number of hydrogen-bond donors (Lipinski definition) is 0. The molecule has 2 fully saturated rings. The van der Waals surface area contributed by atoms with Crippen molar-refractivity contribution in [2.24, 2.45) is 0 Å². The Balaban J connectivity index is 1.92. The van der Waals surface area contributed by atoms with Crippen LogP contribution in [0.25, 0.3) is 0 Å². The van der Waals surface area contributed by atoms with Crippen molar-refractivity contribution in [3.05, 3.63) is 22.1 Å². The van der Waals surface area contributed by atoms with Crippen molar-refractivity contribution in [2.45, 2.75) is 44.9 Å². The molecule has 6 heteroatoms. The summed E-state index contributed by atoms with van der Waals surface area (Å²) in [4.78, 5) is 19.3. The molecule has 0 aliphatic carbocycles. The summed E-state index contributed by atoms with van der Waals surface area (Å²) >= 11 is 0. The van der Waals surface area contributed by atoms with E-state index in [0.29, 0.717) is 18.8 Å². The number of ether oxygens (including phenoxy) is 2. The first kappa shape index (κ1) is 14.5. The molecule has 1 atom stereocenters. The van der Waals surface area contributed by atoms with E-state index in [4.69, 9.17) is 9.47 Å². The van der Waals surface area contributed by atoms with Gasteiger partial charge in [-0.1, -0.05) is 0 Å². The maximum absolute atomic E-state index is 12.5. The summed E-state index contributed by atoms with van der Waals surface area (Å²) < 4.78 is 12.6. The highest BCUT2D eigenvalue weighted by atomic mass is 16.5. The van der Waals surface area contributed by atoms with E-state index in [1.807, 2.05) is 0 Å². The lowest BCUT2D eigenvalue weighted by Crippen LogP contribution is -2.34. The molecule has 3 heterocycles. The van der Waals surface area contributed by atoms with Gasteiger partial charge in [-0.15, -0.1) is 0 Å². The fourth-order valence-corrected chi connectivity index (χ4v) is 3.08. The lowest BCUT2D eigenvalue weighted by atomic mass is 10.2. The average Bonchev–Trinajstić information content (AvgIpc) is 3.15. The van der Waals surface area contributed by atoms with Gasteiger partial charge in [0.2, 0.25) is 5.95 Å². The zero-order chi connectivity index (χ0) is 14.7. The van der Waals surface area contributed by atoms with Crippen LogP contribution in [-0.4, -0.2) is 42.5 Å². The van der Waals surface area contributed by atoms with E-state index in [1.54, 1.807) is 17.7 Å². The molecule has 2 saturated heterocycles. The third kappa shape index (κ3) is 3.27. The number of nitrogens with zero attached hydrogens (tertiary/aromatic N) is 3. The van der Waals surface area contributed by atoms with Gasteiger partial charge >= 0.3 is 0 Å². The van der Waals surface area contributed by atoms with Gasteiger partial charge in [0.25, 0.3) is 5.56 Å². The summed E-state index contributed by atoms with van der Waals surface area (Å²) in [5, 5.41) is 0. The summed E-state index contributed by atoms with van der Waals surface area (Å²) in [5.41, 5.74) is 0.697. The molecule has 1 aromatic heterocycles. The molecule has 3 rings (SSSR count). The molecule has 0 spiro atoms. The van der Waals surface area contributed by atoms with E-state index in [9.17, 15) is 4.79 Å². The molecule has 21 heavy (non-hydrogen) atoms. The fourth-order valence-electron chi connectivity index (χ4n) is 3.08. The molecule has 0 aromatic carbocycles. The summed E-state index contributed by atoms with van der Waals surface area (Å²) in [5.74, 6) is 0.780. The predicted molar refractivity (Wildman–Crippen MR) is 79.6 cm³/mol. The lowest BCUT2D eigenvalue weighted by molar-refractivity contribution is 0.0961. The van der Waals surface area contributed by atoms with Crippen molar-refractivity contribution in [1.29, 1.82) is 0 Å². The molecule has 0 unspecified atom stereocenters. The Labute approximate surface area is 124 Å². The van der Waals surface area contributed by atoms with E-state index < -0.39 is 0 Å². The zero-order valence-corrected chi connectivity index (χ0v) is 12.6. The molecule has 116 valence electrons. The minimum atomic E-state index is -0.00514. The first-order chi connectivity index (χ1) is 10.3. The van der Waals surface area contributed by atoms with Gasteiger partial charge in [-0.05, 0) is 25.7 Å². The molecule has 0 radical (unpaired) electrons. The van der Waals surface area contributed by atoms with E-state index in [2.05, 4.69) is 9.88 Å². The molecule has 0 N–H and O–H groups in total. The monoisotopic (exact) mass is 293 g/mol. The van der Waals surface area contributed by atoms with Crippen LogP contribution in [-0.2, 0) is 22.6 Å². The van der Waals surface area contributed by atoms with Crippen LogP contribution in [0.15, 0.2) is 10.9 Å². The number of aromatic nitrogens is 2. The van der Waals surface area contributed by atoms with Gasteiger partial charge in [0.05, 0.1) is 24.9 Å². The van der Waals surface area contributed by atoms with Crippen LogP contribution in [0, 0.1) is 0 Å². The highest BCUT2D eigenvalue weighted by Gasteiger charge is 2.23. The topological polar surface area (TPSA) is 56.6 Å². The second kappa shape index (κ2) is 6.58. The van der Waals surface area contributed by atoms with Crippen molar-refractivity contribution in [1.82, 2.24) is 9.55 Å². The van der Waals surface area contributed by atoms with Gasteiger partial charge < -0.3 is 14.4 Å². The number of hydrogen-bond acceptors (Lipinski definition) is 5. The molecular formula is C15H23N3O3. The van der Waals surface area contributed by atoms with E-state index in [1.165, 1.54) is 0 Å². The van der Waals surface area contributed by atoms with Crippen molar-refractivity contribution >= 4 is 5.95 Å². The third-order valence-electron chi connectivity index (χ3n) is 4.13. The van der Waals surface area contributed by atoms with Crippen LogP contribution < -0.4 is 10.5 Å². The van der Waals surface area contributed by atoms with Crippen molar-refractivity contribution in [3.8, 4) is 0 Å². The maximum Gasteiger partial charge on any atom is 0.255 e. The van der Waals surface area contributed by atoms with Crippen LogP contribution in [0.3, 0.4) is 0 Å². The summed E-state index contributed by atoms with van der Waals surface area (Å²) in [6.07, 6.45) is 4.55. The van der Waals surface area contributed by atoms with Gasteiger partial charge in [0, 0.05) is 32.9 Å². The normalized spacial score (nSPS) is 22.1. The maximum atomic E-state index is 12.5. The van der Waals surface area contributed by atoms with Crippen LogP contribution >= 0.6 is 0 Å². The standard InChI is InChI=1S/C15H23N3O3/c1-20-11-12-9-14(19)18(10-13-5-4-8-21-13)15(16-12)17-6-2-3-7-17/h9,13H,2-8,10-11H2,1H3/t13-/m1/s1. The second-order valence-electron chi connectivity index (χ2n) is 5.76. The minimum absolute atomic E-state index is 0.00514. The van der Waals surface area contributed by atoms with Crippen LogP contribution in [0.1, 0.15) is 31.4 Å². The van der Waals surface area contributed by atoms with Gasteiger partial charge in [-0.2, -0.15) is 0 Å². The third-order valence-corrected chi connectivity index (χ3v) is 4.13. The Morgan fingerprint density at radius 1 is 1.38 bits per heavy atom. The fraction of sp³-hybridized carbons (Fsp3) is 0.733. The quantitative estimate of drug-likeness (QED) is 0.815. The minimum Gasteiger partial charge on any atom is -0.378 e. The van der Waals surface area contributed by atoms with E-state index >= 15 is 0 Å². The molecular weight excluding hydrogens is 270 g/mol. The Kier molecular flexibility index (Phi) is 4.55. The first-order valence-corrected chi connectivity index (χ1v) is 7.74. The van der Waals surface area contributed by atoms with Crippen molar-refractivity contribution < 1.29 is 9.47 Å². The second-order valence-corrected chi connectivity index (χ2v) is 5.76. The van der Waals surface area contributed by atoms with Gasteiger partial charge in [0.15, 0.2) is 0 Å². The molecule has 2 aliphatic rings. The van der Waals surface area contributed by atoms with Crippen LogP contribution in [0.4, 0.5) is 5.95 Å². The van der Waals surface area contributed by atoms with Crippen LogP contribution in [0.2, 0.25) is 0 Å². The number of rotatable bonds is 5. The predicted octanol–water partition coefficient (Wildman–Crippen LogP) is 1.17. The number of anilines is 1. The van der Waals surface area contributed by atoms with Gasteiger partial charge in [-0.3, -0.25) is 9.36 Å². The van der Waals surface area contributed by atoms with Gasteiger partial charge in [0.1, 0.15) is 0 Å². The Bertz CT molecular complexity index is 531. The van der Waals surface area contributed by atoms with Gasteiger partial charge in [-0.25, -0.2) is 4.98 Å². The molecule has 0 saturated carbocycles. The highest BCUT2D eigenvalue weighted by Crippen LogP contribution is 2.20. The Morgan fingerprint density at radius 3 is 2.86 bits per heavy atom. The molecule has 0 bridgehead atoms. The average molecular weight is 293 g/mol. The number of methoxy groups -OCH3 is 1. The lowest BCUT2D eigenvalue weighted by Gasteiger charge is -2.23. The van der Waals surface area contributed by atoms with Crippen molar-refractivity contribution in [2.75, 3.05) is 31.7 Å². The first-order valence-electron chi connectivity index (χ1n) is 7.74. The molecule has 6 nitrogen and oxygen atoms in total. The van der Waals surface area contributed by atoms with Crippen LogP contribution in [0.5, 0.6) is 0 Å². The Morgan fingerprint density at radius 2 is 2.19 bits per heavy atom. The summed E-state index contributed by atoms with van der Waals surface area (Å²) in [7, 11) is 1.62. The summed E-state index contributed by atoms with van der Waals surface area (Å²) in [6, 6.07) is 1.58. The molecule has 2 aliphatic heterocycles. The zero-order valence-electron chi connectivity index (χ0n) is 12.6. The highest BCUT2D eigenvalue weighted by molar-refractivity contribution is 5.33. The van der Waals surface area contributed by atoms with E-state index in [0.717, 1.165) is 51.3 Å². The molecule has 1 aromatic rings. The SMILES string of the molecule is COCc1cc(=O)n(C[C@H]2CCCO2)c(N2CCCC2)n1. The van der Waals surface area contributed by atoms with E-state index in [-0.39, 0.29) is 11.7 Å². The Hall–Kier alpha value is -1.40. The smallest absolute Gasteiger partial charge is 0.255 e. The summed E-state index contributed by atoms with van der Waals surface area (Å²) in [6.45, 7) is 3.71. The van der Waals surface area contributed by atoms with Crippen molar-refractivity contribution in [3.63, 3.8) is 0 Å².